The van der Waals surface area contributed by atoms with E-state index in [1.165, 1.54) is 30.0 Å². The van der Waals surface area contributed by atoms with Gasteiger partial charge in [0.25, 0.3) is 0 Å². The average molecular weight is 573 g/mol. The standard InChI is InChI=1S/C28H30F2N4O7/c1-15(35)32-22-7-17-18(10-34(20(17)9-31-22)25(36)41-26(2,3)4)19-8-21(40-16-11-38-12-16)23-24(33-19)27(5-6-37-13-27)39-14-28(23,29)30/h7-10,16H,5-6,11-14H2,1-4H3,(H,31,32,35). The van der Waals surface area contributed by atoms with E-state index in [9.17, 15) is 9.59 Å². The summed E-state index contributed by atoms with van der Waals surface area (Å²) in [6, 6.07) is 3.04. The Morgan fingerprint density at radius 2 is 1.95 bits per heavy atom. The van der Waals surface area contributed by atoms with Crippen LogP contribution in [0.3, 0.4) is 0 Å². The molecule has 41 heavy (non-hydrogen) atoms. The van der Waals surface area contributed by atoms with Crippen molar-refractivity contribution in [1.29, 1.82) is 0 Å². The number of nitrogens with one attached hydrogen (secondary N) is 1. The number of aromatic nitrogens is 3. The molecule has 13 heteroatoms. The van der Waals surface area contributed by atoms with Gasteiger partial charge in [-0.15, -0.1) is 0 Å². The molecule has 3 aromatic heterocycles. The first-order valence-corrected chi connectivity index (χ1v) is 13.3. The van der Waals surface area contributed by atoms with Crippen molar-refractivity contribution in [3.63, 3.8) is 0 Å². The van der Waals surface area contributed by atoms with Crippen molar-refractivity contribution < 1.29 is 42.1 Å². The number of alkyl halides is 2. The largest absolute Gasteiger partial charge is 0.485 e. The fraction of sp³-hybridized carbons (Fsp3) is 0.500. The number of halogens is 2. The maximum atomic E-state index is 15.5. The number of anilines is 1. The number of carbonyl (C=O) groups is 2. The van der Waals surface area contributed by atoms with Crippen LogP contribution in [0.2, 0.25) is 0 Å². The van der Waals surface area contributed by atoms with Gasteiger partial charge in [0.15, 0.2) is 0 Å². The number of nitrogens with zero attached hydrogens (tertiary/aromatic N) is 3. The van der Waals surface area contributed by atoms with Gasteiger partial charge in [0.05, 0.1) is 48.5 Å². The number of hydrogen-bond acceptors (Lipinski definition) is 9. The van der Waals surface area contributed by atoms with Crippen LogP contribution in [-0.4, -0.2) is 71.3 Å². The normalized spacial score (nSPS) is 21.9. The molecule has 3 aliphatic heterocycles. The Hall–Kier alpha value is -3.68. The molecule has 2 saturated heterocycles. The van der Waals surface area contributed by atoms with Crippen molar-refractivity contribution in [2.45, 2.75) is 57.3 Å². The van der Waals surface area contributed by atoms with Gasteiger partial charge in [0.2, 0.25) is 5.91 Å². The van der Waals surface area contributed by atoms with Crippen LogP contribution in [0.25, 0.3) is 22.2 Å². The van der Waals surface area contributed by atoms with E-state index in [2.05, 4.69) is 10.3 Å². The zero-order chi connectivity index (χ0) is 29.2. The van der Waals surface area contributed by atoms with Crippen LogP contribution in [0.15, 0.2) is 24.5 Å². The van der Waals surface area contributed by atoms with E-state index < -0.39 is 35.9 Å². The zero-order valence-corrected chi connectivity index (χ0v) is 23.1. The van der Waals surface area contributed by atoms with Crippen LogP contribution in [0.5, 0.6) is 5.75 Å². The van der Waals surface area contributed by atoms with E-state index in [1.54, 1.807) is 26.8 Å². The summed E-state index contributed by atoms with van der Waals surface area (Å²) in [6.07, 6.45) is 2.22. The third-order valence-electron chi connectivity index (χ3n) is 7.06. The van der Waals surface area contributed by atoms with Crippen LogP contribution in [-0.2, 0) is 35.3 Å². The van der Waals surface area contributed by atoms with Crippen molar-refractivity contribution in [1.82, 2.24) is 14.5 Å². The first-order chi connectivity index (χ1) is 19.4. The number of carbonyl (C=O) groups excluding carboxylic acids is 2. The van der Waals surface area contributed by atoms with E-state index in [-0.39, 0.29) is 54.2 Å². The molecule has 1 N–H and O–H groups in total. The van der Waals surface area contributed by atoms with Crippen LogP contribution in [0.4, 0.5) is 19.4 Å². The van der Waals surface area contributed by atoms with Gasteiger partial charge in [-0.3, -0.25) is 9.36 Å². The summed E-state index contributed by atoms with van der Waals surface area (Å²) >= 11 is 0. The number of ether oxygens (including phenoxy) is 5. The van der Waals surface area contributed by atoms with Gasteiger partial charge in [0.1, 0.15) is 35.5 Å². The molecule has 1 spiro atoms. The fourth-order valence-corrected chi connectivity index (χ4v) is 5.15. The van der Waals surface area contributed by atoms with Gasteiger partial charge in [-0.05, 0) is 26.8 Å². The molecule has 1 amide bonds. The second-order valence-corrected chi connectivity index (χ2v) is 11.5. The Labute approximate surface area is 234 Å². The highest BCUT2D eigenvalue weighted by Gasteiger charge is 2.54. The molecule has 2 fully saturated rings. The number of hydrogen-bond donors (Lipinski definition) is 1. The molecular weight excluding hydrogens is 542 g/mol. The predicted molar refractivity (Wildman–Crippen MR) is 141 cm³/mol. The van der Waals surface area contributed by atoms with Crippen molar-refractivity contribution in [3.8, 4) is 17.0 Å². The molecule has 0 aliphatic carbocycles. The van der Waals surface area contributed by atoms with Gasteiger partial charge in [0, 0.05) is 43.2 Å². The first kappa shape index (κ1) is 27.5. The Bertz CT molecular complexity index is 1540. The molecule has 3 aliphatic rings. The molecule has 0 aromatic carbocycles. The van der Waals surface area contributed by atoms with Gasteiger partial charge >= 0.3 is 12.0 Å². The summed E-state index contributed by atoms with van der Waals surface area (Å²) < 4.78 is 60.4. The topological polar surface area (TPSA) is 123 Å². The van der Waals surface area contributed by atoms with Gasteiger partial charge in [-0.1, -0.05) is 0 Å². The van der Waals surface area contributed by atoms with Crippen molar-refractivity contribution >= 4 is 28.7 Å². The van der Waals surface area contributed by atoms with Crippen molar-refractivity contribution in [2.75, 3.05) is 38.4 Å². The molecule has 6 heterocycles. The molecule has 0 bridgehead atoms. The molecule has 1 atom stereocenters. The highest BCUT2D eigenvalue weighted by atomic mass is 19.3. The van der Waals surface area contributed by atoms with Gasteiger partial charge < -0.3 is 29.0 Å². The number of fused-ring (bicyclic) bond motifs is 3. The summed E-state index contributed by atoms with van der Waals surface area (Å²) in [7, 11) is 0. The maximum Gasteiger partial charge on any atom is 0.419 e. The molecule has 6 rings (SSSR count). The predicted octanol–water partition coefficient (Wildman–Crippen LogP) is 4.36. The second kappa shape index (κ2) is 9.71. The minimum atomic E-state index is -3.36. The molecule has 0 radical (unpaired) electrons. The quantitative estimate of drug-likeness (QED) is 0.486. The van der Waals surface area contributed by atoms with E-state index >= 15 is 8.78 Å². The third-order valence-corrected chi connectivity index (χ3v) is 7.06. The lowest BCUT2D eigenvalue weighted by Gasteiger charge is -2.39. The monoisotopic (exact) mass is 572 g/mol. The Balaban J connectivity index is 1.58. The van der Waals surface area contributed by atoms with Crippen LogP contribution < -0.4 is 10.1 Å². The van der Waals surface area contributed by atoms with Gasteiger partial charge in [-0.25, -0.2) is 14.8 Å². The van der Waals surface area contributed by atoms with E-state index in [1.807, 2.05) is 0 Å². The Morgan fingerprint density at radius 3 is 2.59 bits per heavy atom. The van der Waals surface area contributed by atoms with Gasteiger partial charge in [-0.2, -0.15) is 8.78 Å². The number of rotatable bonds is 4. The highest BCUT2D eigenvalue weighted by molar-refractivity contribution is 6.02. The van der Waals surface area contributed by atoms with Crippen LogP contribution >= 0.6 is 0 Å². The van der Waals surface area contributed by atoms with Crippen molar-refractivity contribution in [2.24, 2.45) is 0 Å². The lowest BCUT2D eigenvalue weighted by Crippen LogP contribution is -2.45. The lowest BCUT2D eigenvalue weighted by molar-refractivity contribution is -0.172. The van der Waals surface area contributed by atoms with Crippen LogP contribution in [0, 0.1) is 0 Å². The second-order valence-electron chi connectivity index (χ2n) is 11.5. The van der Waals surface area contributed by atoms with Crippen molar-refractivity contribution in [3.05, 3.63) is 35.8 Å². The number of pyridine rings is 2. The number of amides is 1. The summed E-state index contributed by atoms with van der Waals surface area (Å²) in [5.41, 5.74) is -1.20. The SMILES string of the molecule is CC(=O)Nc1cc2c(-c3cc(OC4COC4)c4c(n3)C3(CCOC3)OCC4(F)F)cn(C(=O)OC(C)(C)C)c2cn1. The van der Waals surface area contributed by atoms with E-state index in [0.717, 1.165) is 0 Å². The zero-order valence-electron chi connectivity index (χ0n) is 23.1. The maximum absolute atomic E-state index is 15.5. The molecule has 218 valence electrons. The summed E-state index contributed by atoms with van der Waals surface area (Å²) in [6.45, 7) is 6.68. The lowest BCUT2D eigenvalue weighted by atomic mass is 9.87. The summed E-state index contributed by atoms with van der Waals surface area (Å²) in [5, 5.41) is 3.12. The minimum absolute atomic E-state index is 0.0350. The molecule has 0 saturated carbocycles. The summed E-state index contributed by atoms with van der Waals surface area (Å²) in [4.78, 5) is 34.0. The Morgan fingerprint density at radius 1 is 1.17 bits per heavy atom. The third kappa shape index (κ3) is 5.02. The average Bonchev–Trinajstić information content (AvgIpc) is 3.48. The fourth-order valence-electron chi connectivity index (χ4n) is 5.15. The highest BCUT2D eigenvalue weighted by Crippen LogP contribution is 2.51. The first-order valence-electron chi connectivity index (χ1n) is 13.3. The summed E-state index contributed by atoms with van der Waals surface area (Å²) in [5.74, 6) is -3.49. The Kier molecular flexibility index (Phi) is 6.51. The minimum Gasteiger partial charge on any atom is -0.485 e. The molecule has 11 nitrogen and oxygen atoms in total. The molecular formula is C28H30F2N4O7. The molecule has 3 aromatic rings. The molecule has 1 unspecified atom stereocenters. The van der Waals surface area contributed by atoms with Crippen LogP contribution in [0.1, 0.15) is 45.4 Å². The van der Waals surface area contributed by atoms with E-state index in [0.29, 0.717) is 29.5 Å². The van der Waals surface area contributed by atoms with E-state index in [4.69, 9.17) is 28.7 Å². The smallest absolute Gasteiger partial charge is 0.419 e.